The summed E-state index contributed by atoms with van der Waals surface area (Å²) in [6.07, 6.45) is 0.0883. The molecule has 1 aromatic heterocycles. The number of nitrogens with zero attached hydrogens (tertiary/aromatic N) is 2. The molecule has 0 spiro atoms. The van der Waals surface area contributed by atoms with Gasteiger partial charge in [0.05, 0.1) is 18.9 Å². The number of benzene rings is 2. The molecule has 3 rings (SSSR count). The van der Waals surface area contributed by atoms with E-state index in [1.165, 1.54) is 0 Å². The zero-order valence-electron chi connectivity index (χ0n) is 16.0. The molecular formula is C21H24N4O2. The maximum atomic E-state index is 5.86. The zero-order valence-corrected chi connectivity index (χ0v) is 16.0. The van der Waals surface area contributed by atoms with Crippen LogP contribution in [0.2, 0.25) is 0 Å². The van der Waals surface area contributed by atoms with Gasteiger partial charge in [-0.2, -0.15) is 4.98 Å². The number of methoxy groups -OCH3 is 1. The van der Waals surface area contributed by atoms with Crippen molar-refractivity contribution in [1.29, 1.82) is 0 Å². The average Bonchev–Trinajstić information content (AvgIpc) is 2.62. The van der Waals surface area contributed by atoms with Crippen LogP contribution in [0.5, 0.6) is 11.5 Å². The van der Waals surface area contributed by atoms with E-state index in [2.05, 4.69) is 20.6 Å². The average molecular weight is 364 g/mol. The maximum absolute atomic E-state index is 5.86. The van der Waals surface area contributed by atoms with Gasteiger partial charge in [0.25, 0.3) is 0 Å². The zero-order chi connectivity index (χ0) is 19.2. The van der Waals surface area contributed by atoms with Gasteiger partial charge in [0.1, 0.15) is 17.3 Å². The van der Waals surface area contributed by atoms with Crippen molar-refractivity contribution in [2.24, 2.45) is 0 Å². The first-order valence-corrected chi connectivity index (χ1v) is 8.83. The van der Waals surface area contributed by atoms with Crippen LogP contribution in [-0.2, 0) is 0 Å². The van der Waals surface area contributed by atoms with E-state index in [1.807, 2.05) is 75.4 Å². The molecule has 1 heterocycles. The second-order valence-corrected chi connectivity index (χ2v) is 6.36. The Labute approximate surface area is 159 Å². The first kappa shape index (κ1) is 18.5. The molecule has 6 nitrogen and oxygen atoms in total. The Bertz CT molecular complexity index is 912. The third kappa shape index (κ3) is 5.10. The van der Waals surface area contributed by atoms with Crippen LogP contribution in [0.25, 0.3) is 0 Å². The summed E-state index contributed by atoms with van der Waals surface area (Å²) in [4.78, 5) is 9.03. The Hall–Kier alpha value is -3.28. The predicted molar refractivity (Wildman–Crippen MR) is 109 cm³/mol. The van der Waals surface area contributed by atoms with Crippen LogP contribution < -0.4 is 20.1 Å². The number of aryl methyl sites for hydroxylation is 1. The van der Waals surface area contributed by atoms with Gasteiger partial charge in [0, 0.05) is 23.5 Å². The van der Waals surface area contributed by atoms with E-state index >= 15 is 0 Å². The minimum absolute atomic E-state index is 0.0883. The highest BCUT2D eigenvalue weighted by atomic mass is 16.5. The summed E-state index contributed by atoms with van der Waals surface area (Å²) in [5.41, 5.74) is 2.56. The molecular weight excluding hydrogens is 340 g/mol. The second kappa shape index (κ2) is 8.40. The number of anilines is 4. The molecule has 0 aliphatic rings. The number of para-hydroxylation sites is 2. The SMILES string of the molecule is COc1cccc(Nc2nc(C)cc(Nc3ccccc3OC(C)C)n2)c1. The van der Waals surface area contributed by atoms with Gasteiger partial charge >= 0.3 is 0 Å². The number of hydrogen-bond donors (Lipinski definition) is 2. The summed E-state index contributed by atoms with van der Waals surface area (Å²) in [5.74, 6) is 2.75. The summed E-state index contributed by atoms with van der Waals surface area (Å²) < 4.78 is 11.1. The fourth-order valence-corrected chi connectivity index (χ4v) is 2.58. The molecule has 27 heavy (non-hydrogen) atoms. The normalized spacial score (nSPS) is 10.6. The Kier molecular flexibility index (Phi) is 5.76. The topological polar surface area (TPSA) is 68.3 Å². The number of rotatable bonds is 7. The smallest absolute Gasteiger partial charge is 0.229 e. The summed E-state index contributed by atoms with van der Waals surface area (Å²) in [5, 5.41) is 6.55. The van der Waals surface area contributed by atoms with Crippen LogP contribution in [0.1, 0.15) is 19.5 Å². The first-order chi connectivity index (χ1) is 13.0. The quantitative estimate of drug-likeness (QED) is 0.610. The van der Waals surface area contributed by atoms with Gasteiger partial charge in [-0.15, -0.1) is 0 Å². The van der Waals surface area contributed by atoms with Gasteiger partial charge < -0.3 is 20.1 Å². The van der Waals surface area contributed by atoms with Crippen LogP contribution in [0.3, 0.4) is 0 Å². The van der Waals surface area contributed by atoms with Gasteiger partial charge in [-0.25, -0.2) is 4.98 Å². The molecule has 0 aliphatic carbocycles. The van der Waals surface area contributed by atoms with E-state index < -0.39 is 0 Å². The van der Waals surface area contributed by atoms with Crippen LogP contribution in [-0.4, -0.2) is 23.2 Å². The minimum atomic E-state index is 0.0883. The van der Waals surface area contributed by atoms with E-state index in [-0.39, 0.29) is 6.10 Å². The van der Waals surface area contributed by atoms with E-state index in [9.17, 15) is 0 Å². The third-order valence-corrected chi connectivity index (χ3v) is 3.69. The van der Waals surface area contributed by atoms with Gasteiger partial charge in [0.15, 0.2) is 0 Å². The highest BCUT2D eigenvalue weighted by molar-refractivity contribution is 5.65. The molecule has 0 atom stereocenters. The Morgan fingerprint density at radius 1 is 0.926 bits per heavy atom. The lowest BCUT2D eigenvalue weighted by atomic mass is 10.3. The molecule has 0 fully saturated rings. The van der Waals surface area contributed by atoms with Crippen LogP contribution in [0.4, 0.5) is 23.1 Å². The van der Waals surface area contributed by atoms with Gasteiger partial charge in [-0.05, 0) is 45.0 Å². The van der Waals surface area contributed by atoms with E-state index in [1.54, 1.807) is 7.11 Å². The lowest BCUT2D eigenvalue weighted by Crippen LogP contribution is -2.08. The van der Waals surface area contributed by atoms with Gasteiger partial charge in [0.2, 0.25) is 5.95 Å². The summed E-state index contributed by atoms with van der Waals surface area (Å²) in [6, 6.07) is 17.3. The number of aromatic nitrogens is 2. The summed E-state index contributed by atoms with van der Waals surface area (Å²) >= 11 is 0. The summed E-state index contributed by atoms with van der Waals surface area (Å²) in [7, 11) is 1.64. The molecule has 2 aromatic carbocycles. The van der Waals surface area contributed by atoms with Gasteiger partial charge in [-0.3, -0.25) is 0 Å². The summed E-state index contributed by atoms with van der Waals surface area (Å²) in [6.45, 7) is 5.93. The van der Waals surface area contributed by atoms with Crippen LogP contribution in [0.15, 0.2) is 54.6 Å². The molecule has 0 amide bonds. The molecule has 0 saturated carbocycles. The molecule has 3 aromatic rings. The van der Waals surface area contributed by atoms with Crippen LogP contribution >= 0.6 is 0 Å². The Morgan fingerprint density at radius 3 is 2.52 bits per heavy atom. The molecule has 2 N–H and O–H groups in total. The van der Waals surface area contributed by atoms with Crippen LogP contribution in [0, 0.1) is 6.92 Å². The molecule has 0 bridgehead atoms. The lowest BCUT2D eigenvalue weighted by Gasteiger charge is -2.16. The largest absolute Gasteiger partial charge is 0.497 e. The molecule has 0 saturated heterocycles. The van der Waals surface area contributed by atoms with E-state index in [0.29, 0.717) is 11.8 Å². The molecule has 140 valence electrons. The minimum Gasteiger partial charge on any atom is -0.497 e. The fraction of sp³-hybridized carbons (Fsp3) is 0.238. The van der Waals surface area contributed by atoms with Gasteiger partial charge in [-0.1, -0.05) is 18.2 Å². The highest BCUT2D eigenvalue weighted by Gasteiger charge is 2.08. The number of ether oxygens (including phenoxy) is 2. The molecule has 0 radical (unpaired) electrons. The van der Waals surface area contributed by atoms with Crippen molar-refractivity contribution in [3.05, 3.63) is 60.3 Å². The number of nitrogens with one attached hydrogen (secondary N) is 2. The van der Waals surface area contributed by atoms with Crippen molar-refractivity contribution in [2.45, 2.75) is 26.9 Å². The highest BCUT2D eigenvalue weighted by Crippen LogP contribution is 2.28. The van der Waals surface area contributed by atoms with Crippen molar-refractivity contribution in [2.75, 3.05) is 17.7 Å². The predicted octanol–water partition coefficient (Wildman–Crippen LogP) is 5.07. The standard InChI is InChI=1S/C21H24N4O2/c1-14(2)27-19-11-6-5-10-18(19)24-20-12-15(3)22-21(25-20)23-16-8-7-9-17(13-16)26-4/h5-14H,1-4H3,(H2,22,23,24,25). The Morgan fingerprint density at radius 2 is 1.74 bits per heavy atom. The van der Waals surface area contributed by atoms with Crippen molar-refractivity contribution >= 4 is 23.1 Å². The maximum Gasteiger partial charge on any atom is 0.229 e. The first-order valence-electron chi connectivity index (χ1n) is 8.83. The lowest BCUT2D eigenvalue weighted by molar-refractivity contribution is 0.244. The van der Waals surface area contributed by atoms with E-state index in [4.69, 9.17) is 9.47 Å². The molecule has 6 heteroatoms. The third-order valence-electron chi connectivity index (χ3n) is 3.69. The van der Waals surface area contributed by atoms with Crippen molar-refractivity contribution < 1.29 is 9.47 Å². The van der Waals surface area contributed by atoms with Crippen molar-refractivity contribution in [1.82, 2.24) is 9.97 Å². The monoisotopic (exact) mass is 364 g/mol. The Balaban J connectivity index is 1.83. The number of hydrogen-bond acceptors (Lipinski definition) is 6. The second-order valence-electron chi connectivity index (χ2n) is 6.36. The molecule has 0 aliphatic heterocycles. The van der Waals surface area contributed by atoms with E-state index in [0.717, 1.165) is 28.6 Å². The molecule has 0 unspecified atom stereocenters. The fourth-order valence-electron chi connectivity index (χ4n) is 2.58. The van der Waals surface area contributed by atoms with Crippen molar-refractivity contribution in [3.63, 3.8) is 0 Å². The van der Waals surface area contributed by atoms with Crippen molar-refractivity contribution in [3.8, 4) is 11.5 Å².